The van der Waals surface area contributed by atoms with Crippen molar-refractivity contribution < 1.29 is 53.5 Å². The van der Waals surface area contributed by atoms with E-state index in [2.05, 4.69) is 20.9 Å². The van der Waals surface area contributed by atoms with E-state index in [0.29, 0.717) is 6.07 Å². The van der Waals surface area contributed by atoms with E-state index in [-0.39, 0.29) is 23.1 Å². The lowest BCUT2D eigenvalue weighted by Crippen LogP contribution is -2.25. The van der Waals surface area contributed by atoms with Crippen molar-refractivity contribution in [1.29, 1.82) is 0 Å². The third kappa shape index (κ3) is 6.65. The Morgan fingerprint density at radius 3 is 2.08 bits per heavy atom. The van der Waals surface area contributed by atoms with Crippen LogP contribution in [-0.4, -0.2) is 70.6 Å². The highest BCUT2D eigenvalue weighted by atomic mass is 32.2. The third-order valence-corrected chi connectivity index (χ3v) is 7.59. The zero-order chi connectivity index (χ0) is 29.3. The van der Waals surface area contributed by atoms with E-state index in [9.17, 15) is 48.8 Å². The van der Waals surface area contributed by atoms with Crippen LogP contribution in [0.3, 0.4) is 0 Å². The zero-order valence-electron chi connectivity index (χ0n) is 19.8. The zero-order valence-corrected chi connectivity index (χ0v) is 22.3. The number of nitrogens with one attached hydrogen (secondary N) is 2. The average Bonchev–Trinajstić information content (AvgIpc) is 2.81. The van der Waals surface area contributed by atoms with Crippen LogP contribution in [0, 0.1) is 0 Å². The average molecular weight is 605 g/mol. The highest BCUT2D eigenvalue weighted by Gasteiger charge is 2.26. The van der Waals surface area contributed by atoms with E-state index < -0.39 is 73.8 Å². The lowest BCUT2D eigenvalue weighted by Gasteiger charge is -2.15. The Bertz CT molecular complexity index is 1840. The first-order valence-corrected chi connectivity index (χ1v) is 14.6. The third-order valence-electron chi connectivity index (χ3n) is 5.01. The van der Waals surface area contributed by atoms with E-state index in [0.717, 1.165) is 24.3 Å². The van der Waals surface area contributed by atoms with Gasteiger partial charge < -0.3 is 20.5 Å². The van der Waals surface area contributed by atoms with Crippen LogP contribution in [0.25, 0.3) is 10.8 Å². The summed E-state index contributed by atoms with van der Waals surface area (Å²) in [6.07, 6.45) is 0. The minimum Gasteiger partial charge on any atom is -0.505 e. The summed E-state index contributed by atoms with van der Waals surface area (Å²) in [5.74, 6) is -1.76. The molecule has 0 aliphatic carbocycles. The number of methoxy groups -OCH3 is 1. The van der Waals surface area contributed by atoms with Crippen LogP contribution in [0.4, 0.5) is 17.1 Å². The summed E-state index contributed by atoms with van der Waals surface area (Å²) >= 11 is 0. The van der Waals surface area contributed by atoms with Crippen molar-refractivity contribution in [1.82, 2.24) is 5.32 Å². The quantitative estimate of drug-likeness (QED) is 0.151. The topological polar surface area (TPSA) is 258 Å². The molecule has 0 fully saturated rings. The van der Waals surface area contributed by atoms with Gasteiger partial charge in [0.25, 0.3) is 30.4 Å². The largest absolute Gasteiger partial charge is 0.505 e. The maximum absolute atomic E-state index is 12.2. The van der Waals surface area contributed by atoms with Gasteiger partial charge in [0.2, 0.25) is 5.91 Å². The summed E-state index contributed by atoms with van der Waals surface area (Å²) in [6, 6.07) is 5.38. The minimum absolute atomic E-state index is 0.00495. The highest BCUT2D eigenvalue weighted by molar-refractivity contribution is 7.86. The smallest absolute Gasteiger partial charge is 0.296 e. The number of nitrogens with zero attached hydrogens (tertiary/aromatic N) is 2. The number of rotatable bonds is 9. The van der Waals surface area contributed by atoms with Gasteiger partial charge in [0.1, 0.15) is 26.9 Å². The number of fused-ring (bicyclic) bond motifs is 1. The monoisotopic (exact) mass is 604 g/mol. The number of ether oxygens (including phenoxy) is 1. The summed E-state index contributed by atoms with van der Waals surface area (Å²) in [5, 5.41) is 22.3. The van der Waals surface area contributed by atoms with Crippen molar-refractivity contribution >= 4 is 64.1 Å². The van der Waals surface area contributed by atoms with E-state index in [4.69, 9.17) is 4.74 Å². The van der Waals surface area contributed by atoms with Gasteiger partial charge in [0, 0.05) is 11.5 Å². The predicted molar refractivity (Wildman–Crippen MR) is 135 cm³/mol. The second kappa shape index (κ2) is 10.8. The molecule has 0 atom stereocenters. The summed E-state index contributed by atoms with van der Waals surface area (Å²) < 4.78 is 105. The normalized spacial score (nSPS) is 12.6. The van der Waals surface area contributed by atoms with Gasteiger partial charge in [-0.3, -0.25) is 18.5 Å². The highest BCUT2D eigenvalue weighted by Crippen LogP contribution is 2.45. The first kappa shape index (κ1) is 29.8. The Hall–Kier alpha value is -3.72. The molecule has 210 valence electrons. The second-order valence-electron chi connectivity index (χ2n) is 7.68. The van der Waals surface area contributed by atoms with Crippen molar-refractivity contribution in [3.05, 3.63) is 36.4 Å². The van der Waals surface area contributed by atoms with Gasteiger partial charge in [-0.15, -0.1) is 10.2 Å². The number of carbonyl (C=O) groups excluding carboxylic acids is 1. The Morgan fingerprint density at radius 1 is 0.897 bits per heavy atom. The maximum atomic E-state index is 12.2. The lowest BCUT2D eigenvalue weighted by atomic mass is 10.1. The van der Waals surface area contributed by atoms with Crippen LogP contribution >= 0.6 is 0 Å². The molecular formula is C20H20N4O12S3. The van der Waals surface area contributed by atoms with Gasteiger partial charge in [-0.25, -0.2) is 0 Å². The molecule has 3 rings (SSSR count). The van der Waals surface area contributed by atoms with E-state index >= 15 is 0 Å². The molecule has 3 aromatic rings. The molecule has 0 spiro atoms. The molecule has 19 heteroatoms. The molecule has 16 nitrogen and oxygen atoms in total. The molecule has 0 bridgehead atoms. The van der Waals surface area contributed by atoms with Crippen molar-refractivity contribution in [3.63, 3.8) is 0 Å². The molecule has 0 saturated heterocycles. The number of hydrogen-bond acceptors (Lipinski definition) is 12. The van der Waals surface area contributed by atoms with E-state index in [1.807, 2.05) is 0 Å². The van der Waals surface area contributed by atoms with Crippen molar-refractivity contribution in [3.8, 4) is 11.5 Å². The number of hydrogen-bond donors (Lipinski definition) is 6. The number of anilines is 1. The number of phenols is 1. The Morgan fingerprint density at radius 2 is 1.54 bits per heavy atom. The van der Waals surface area contributed by atoms with Crippen LogP contribution in [0.15, 0.2) is 61.3 Å². The van der Waals surface area contributed by atoms with Crippen LogP contribution in [0.2, 0.25) is 0 Å². The Kier molecular flexibility index (Phi) is 8.26. The van der Waals surface area contributed by atoms with Crippen molar-refractivity contribution in [2.24, 2.45) is 10.2 Å². The molecule has 6 N–H and O–H groups in total. The van der Waals surface area contributed by atoms with Gasteiger partial charge in [-0.05, 0) is 42.8 Å². The SMILES string of the molecule is CNCC(=O)Nc1cc(S(=O)(=O)O)cc2cc(S(=O)(=O)O)c(N=Nc3ccc(OC)cc3S(=O)(=O)O)c(O)c12. The molecule has 0 aliphatic rings. The molecular weight excluding hydrogens is 584 g/mol. The first-order valence-electron chi connectivity index (χ1n) is 10.3. The fourth-order valence-corrected chi connectivity index (χ4v) is 5.21. The summed E-state index contributed by atoms with van der Waals surface area (Å²) in [7, 11) is -12.4. The van der Waals surface area contributed by atoms with Crippen LogP contribution < -0.4 is 15.4 Å². The van der Waals surface area contributed by atoms with E-state index in [1.54, 1.807) is 0 Å². The fraction of sp³-hybridized carbons (Fsp3) is 0.150. The van der Waals surface area contributed by atoms with Gasteiger partial charge >= 0.3 is 0 Å². The Balaban J connectivity index is 2.40. The number of phenolic OH excluding ortho intramolecular Hbond substituents is 1. The van der Waals surface area contributed by atoms with Gasteiger partial charge in [0.05, 0.1) is 24.2 Å². The first-order chi connectivity index (χ1) is 18.0. The number of amides is 1. The Labute approximate surface area is 221 Å². The summed E-state index contributed by atoms with van der Waals surface area (Å²) in [4.78, 5) is 9.51. The molecule has 0 radical (unpaired) electrons. The predicted octanol–water partition coefficient (Wildman–Crippen LogP) is 1.87. The molecule has 1 amide bonds. The maximum Gasteiger partial charge on any atom is 0.296 e. The molecule has 3 aromatic carbocycles. The van der Waals surface area contributed by atoms with Crippen LogP contribution in [0.1, 0.15) is 0 Å². The number of aromatic hydroxyl groups is 1. The summed E-state index contributed by atoms with van der Waals surface area (Å²) in [5.41, 5.74) is -1.87. The molecule has 0 aliphatic heterocycles. The molecule has 0 aromatic heterocycles. The number of azo groups is 1. The number of carbonyl (C=O) groups is 1. The molecule has 0 heterocycles. The summed E-state index contributed by atoms with van der Waals surface area (Å²) in [6.45, 7) is -0.274. The van der Waals surface area contributed by atoms with Crippen LogP contribution in [-0.2, 0) is 35.1 Å². The standard InChI is InChI=1S/C20H20N4O12S3/c1-21-9-17(25)22-14-8-12(37(27,28)29)5-10-6-16(39(33,34)35)19(20(26)18(10)14)24-23-13-4-3-11(36-2)7-15(13)38(30,31)32/h3-8,21,26H,9H2,1-2H3,(H,22,25)(H,27,28,29)(H,30,31,32)(H,33,34,35). The molecule has 0 unspecified atom stereocenters. The van der Waals surface area contributed by atoms with Crippen molar-refractivity contribution in [2.45, 2.75) is 14.7 Å². The fourth-order valence-electron chi connectivity index (χ4n) is 3.37. The van der Waals surface area contributed by atoms with Crippen molar-refractivity contribution in [2.75, 3.05) is 26.0 Å². The second-order valence-corrected chi connectivity index (χ2v) is 11.9. The number of benzene rings is 3. The van der Waals surface area contributed by atoms with Crippen LogP contribution in [0.5, 0.6) is 11.5 Å². The lowest BCUT2D eigenvalue weighted by molar-refractivity contribution is -0.115. The van der Waals surface area contributed by atoms with Gasteiger partial charge in [0.15, 0.2) is 5.75 Å². The molecule has 0 saturated carbocycles. The number of likely N-dealkylation sites (N-methyl/N-ethyl adjacent to an activating group) is 1. The van der Waals surface area contributed by atoms with Gasteiger partial charge in [-0.1, -0.05) is 0 Å². The van der Waals surface area contributed by atoms with E-state index in [1.165, 1.54) is 20.2 Å². The molecule has 39 heavy (non-hydrogen) atoms. The van der Waals surface area contributed by atoms with Gasteiger partial charge in [-0.2, -0.15) is 25.3 Å². The minimum atomic E-state index is -5.20.